The topological polar surface area (TPSA) is 29.5 Å². The van der Waals surface area contributed by atoms with Gasteiger partial charge in [0.2, 0.25) is 0 Å². The fourth-order valence-electron chi connectivity index (χ4n) is 2.72. The maximum absolute atomic E-state index is 11.0. The summed E-state index contributed by atoms with van der Waals surface area (Å²) in [6, 6.07) is 18.1. The Morgan fingerprint density at radius 1 is 0.952 bits per heavy atom. The van der Waals surface area contributed by atoms with E-state index in [9.17, 15) is 5.11 Å². The molecule has 0 radical (unpaired) electrons. The maximum Gasteiger partial charge on any atom is 0.118 e. The molecule has 21 heavy (non-hydrogen) atoms. The van der Waals surface area contributed by atoms with Gasteiger partial charge in [-0.1, -0.05) is 55.8 Å². The highest BCUT2D eigenvalue weighted by molar-refractivity contribution is 5.28. The number of ether oxygens (including phenoxy) is 1. The summed E-state index contributed by atoms with van der Waals surface area (Å²) in [5.74, 6) is 0.866. The molecule has 0 bridgehead atoms. The predicted octanol–water partition coefficient (Wildman–Crippen LogP) is 4.32. The van der Waals surface area contributed by atoms with Crippen molar-refractivity contribution < 1.29 is 9.84 Å². The molecule has 2 heteroatoms. The van der Waals surface area contributed by atoms with Crippen molar-refractivity contribution in [1.82, 2.24) is 0 Å². The second-order valence-electron chi connectivity index (χ2n) is 5.50. The number of aryl methyl sites for hydroxylation is 1. The van der Waals surface area contributed by atoms with Gasteiger partial charge in [-0.25, -0.2) is 0 Å². The highest BCUT2D eigenvalue weighted by Crippen LogP contribution is 2.31. The Hall–Kier alpha value is -1.80. The summed E-state index contributed by atoms with van der Waals surface area (Å²) in [6.07, 6.45) is 3.34. The molecule has 2 aromatic carbocycles. The van der Waals surface area contributed by atoms with Gasteiger partial charge in [0.15, 0.2) is 0 Å². The fourth-order valence-corrected chi connectivity index (χ4v) is 2.72. The monoisotopic (exact) mass is 284 g/mol. The zero-order valence-corrected chi connectivity index (χ0v) is 12.9. The molecule has 2 aromatic rings. The van der Waals surface area contributed by atoms with Crippen LogP contribution in [0, 0.1) is 0 Å². The molecule has 0 spiro atoms. The highest BCUT2D eigenvalue weighted by atomic mass is 16.5. The average Bonchev–Trinajstić information content (AvgIpc) is 2.54. The van der Waals surface area contributed by atoms with Crippen LogP contribution in [0.25, 0.3) is 0 Å². The van der Waals surface area contributed by atoms with Crippen molar-refractivity contribution in [1.29, 1.82) is 0 Å². The largest absolute Gasteiger partial charge is 0.497 e. The first kappa shape index (κ1) is 15.6. The quantitative estimate of drug-likeness (QED) is 0.820. The summed E-state index contributed by atoms with van der Waals surface area (Å²) in [6.45, 7) is 2.11. The van der Waals surface area contributed by atoms with Crippen molar-refractivity contribution in [3.05, 3.63) is 65.7 Å². The van der Waals surface area contributed by atoms with Gasteiger partial charge >= 0.3 is 0 Å². The molecule has 0 heterocycles. The number of rotatable bonds is 7. The number of benzene rings is 2. The summed E-state index contributed by atoms with van der Waals surface area (Å²) < 4.78 is 5.17. The van der Waals surface area contributed by atoms with E-state index < -0.39 is 5.60 Å². The maximum atomic E-state index is 11.0. The fraction of sp³-hybridized carbons (Fsp3) is 0.368. The SMILES string of the molecule is CCCC(O)(CCc1ccc(OC)cc1)c1ccccc1. The summed E-state index contributed by atoms with van der Waals surface area (Å²) in [7, 11) is 1.67. The minimum Gasteiger partial charge on any atom is -0.497 e. The second-order valence-corrected chi connectivity index (χ2v) is 5.50. The summed E-state index contributed by atoms with van der Waals surface area (Å²) in [5.41, 5.74) is 1.50. The number of hydrogen-bond donors (Lipinski definition) is 1. The van der Waals surface area contributed by atoms with Crippen LogP contribution < -0.4 is 4.74 Å². The molecular weight excluding hydrogens is 260 g/mol. The van der Waals surface area contributed by atoms with E-state index in [1.807, 2.05) is 42.5 Å². The molecule has 1 N–H and O–H groups in total. The van der Waals surface area contributed by atoms with E-state index in [1.54, 1.807) is 7.11 Å². The lowest BCUT2D eigenvalue weighted by Gasteiger charge is -2.28. The van der Waals surface area contributed by atoms with Crippen molar-refractivity contribution >= 4 is 0 Å². The molecule has 0 saturated heterocycles. The van der Waals surface area contributed by atoms with Gasteiger partial charge in [-0.05, 0) is 42.5 Å². The molecule has 1 unspecified atom stereocenters. The molecule has 112 valence electrons. The molecule has 0 aliphatic heterocycles. The van der Waals surface area contributed by atoms with Gasteiger partial charge in [0, 0.05) is 0 Å². The smallest absolute Gasteiger partial charge is 0.118 e. The van der Waals surface area contributed by atoms with Crippen molar-refractivity contribution in [2.75, 3.05) is 7.11 Å². The van der Waals surface area contributed by atoms with Crippen molar-refractivity contribution in [3.63, 3.8) is 0 Å². The number of methoxy groups -OCH3 is 1. The molecule has 0 aromatic heterocycles. The lowest BCUT2D eigenvalue weighted by molar-refractivity contribution is 0.0180. The van der Waals surface area contributed by atoms with E-state index in [4.69, 9.17) is 4.74 Å². The lowest BCUT2D eigenvalue weighted by atomic mass is 9.84. The zero-order valence-electron chi connectivity index (χ0n) is 12.9. The third-order valence-corrected chi connectivity index (χ3v) is 3.96. The lowest BCUT2D eigenvalue weighted by Crippen LogP contribution is -2.26. The predicted molar refractivity (Wildman–Crippen MR) is 86.6 cm³/mol. The van der Waals surface area contributed by atoms with E-state index in [0.29, 0.717) is 0 Å². The van der Waals surface area contributed by atoms with Gasteiger partial charge in [-0.3, -0.25) is 0 Å². The van der Waals surface area contributed by atoms with Crippen LogP contribution in [0.2, 0.25) is 0 Å². The van der Waals surface area contributed by atoms with Gasteiger partial charge in [0.25, 0.3) is 0 Å². The minimum absolute atomic E-state index is 0.733. The van der Waals surface area contributed by atoms with E-state index in [0.717, 1.165) is 37.0 Å². The highest BCUT2D eigenvalue weighted by Gasteiger charge is 2.27. The molecule has 2 rings (SSSR count). The van der Waals surface area contributed by atoms with E-state index >= 15 is 0 Å². The van der Waals surface area contributed by atoms with Crippen LogP contribution >= 0.6 is 0 Å². The van der Waals surface area contributed by atoms with Crippen LogP contribution in [-0.2, 0) is 12.0 Å². The zero-order chi connectivity index (χ0) is 15.1. The van der Waals surface area contributed by atoms with Crippen LogP contribution in [0.1, 0.15) is 37.3 Å². The molecule has 0 fully saturated rings. The van der Waals surface area contributed by atoms with Gasteiger partial charge in [0.1, 0.15) is 5.75 Å². The Kier molecular flexibility index (Phi) is 5.40. The van der Waals surface area contributed by atoms with E-state index in [-0.39, 0.29) is 0 Å². The van der Waals surface area contributed by atoms with Crippen LogP contribution in [0.3, 0.4) is 0 Å². The van der Waals surface area contributed by atoms with Crippen LogP contribution in [-0.4, -0.2) is 12.2 Å². The number of aliphatic hydroxyl groups is 1. The van der Waals surface area contributed by atoms with Crippen LogP contribution in [0.4, 0.5) is 0 Å². The third-order valence-electron chi connectivity index (χ3n) is 3.96. The van der Waals surface area contributed by atoms with Crippen LogP contribution in [0.5, 0.6) is 5.75 Å². The Labute approximate surface area is 127 Å². The third kappa shape index (κ3) is 4.08. The first-order chi connectivity index (χ1) is 10.2. The van der Waals surface area contributed by atoms with E-state index in [1.165, 1.54) is 5.56 Å². The molecular formula is C19H24O2. The standard InChI is InChI=1S/C19H24O2/c1-3-14-19(20,17-7-5-4-6-8-17)15-13-16-9-11-18(21-2)12-10-16/h4-12,20H,3,13-15H2,1-2H3. The Balaban J connectivity index is 2.09. The Bertz CT molecular complexity index is 533. The summed E-state index contributed by atoms with van der Waals surface area (Å²) in [4.78, 5) is 0. The van der Waals surface area contributed by atoms with Crippen LogP contribution in [0.15, 0.2) is 54.6 Å². The molecule has 0 saturated carbocycles. The van der Waals surface area contributed by atoms with Crippen molar-refractivity contribution in [3.8, 4) is 5.75 Å². The first-order valence-corrected chi connectivity index (χ1v) is 7.59. The molecule has 0 aliphatic rings. The minimum atomic E-state index is -0.740. The van der Waals surface area contributed by atoms with E-state index in [2.05, 4.69) is 19.1 Å². The first-order valence-electron chi connectivity index (χ1n) is 7.59. The molecule has 0 aliphatic carbocycles. The van der Waals surface area contributed by atoms with Gasteiger partial charge < -0.3 is 9.84 Å². The molecule has 0 amide bonds. The van der Waals surface area contributed by atoms with Crippen molar-refractivity contribution in [2.45, 2.75) is 38.2 Å². The second kappa shape index (κ2) is 7.28. The van der Waals surface area contributed by atoms with Gasteiger partial charge in [-0.15, -0.1) is 0 Å². The normalized spacial score (nSPS) is 13.7. The summed E-state index contributed by atoms with van der Waals surface area (Å²) in [5, 5.41) is 11.0. The Morgan fingerprint density at radius 3 is 2.19 bits per heavy atom. The molecule has 2 nitrogen and oxygen atoms in total. The Morgan fingerprint density at radius 2 is 1.62 bits per heavy atom. The van der Waals surface area contributed by atoms with Gasteiger partial charge in [0.05, 0.1) is 12.7 Å². The summed E-state index contributed by atoms with van der Waals surface area (Å²) >= 11 is 0. The van der Waals surface area contributed by atoms with Gasteiger partial charge in [-0.2, -0.15) is 0 Å². The number of hydrogen-bond acceptors (Lipinski definition) is 2. The van der Waals surface area contributed by atoms with Crippen molar-refractivity contribution in [2.24, 2.45) is 0 Å². The molecule has 1 atom stereocenters. The average molecular weight is 284 g/mol.